The maximum atomic E-state index is 13.7. The van der Waals surface area contributed by atoms with Gasteiger partial charge < -0.3 is 20.2 Å². The van der Waals surface area contributed by atoms with Crippen molar-refractivity contribution in [1.29, 1.82) is 0 Å². The van der Waals surface area contributed by atoms with Gasteiger partial charge in [0.15, 0.2) is 0 Å². The number of halogens is 1. The zero-order valence-electron chi connectivity index (χ0n) is 14.4. The van der Waals surface area contributed by atoms with Crippen LogP contribution in [0, 0.1) is 11.7 Å². The lowest BCUT2D eigenvalue weighted by Gasteiger charge is -2.34. The van der Waals surface area contributed by atoms with Crippen LogP contribution in [0.2, 0.25) is 0 Å². The van der Waals surface area contributed by atoms with Crippen LogP contribution in [0.15, 0.2) is 24.3 Å². The van der Waals surface area contributed by atoms with E-state index in [1.165, 1.54) is 28.0 Å². The Hall–Kier alpha value is -2.64. The van der Waals surface area contributed by atoms with Gasteiger partial charge >= 0.3 is 12.0 Å². The first kappa shape index (κ1) is 18.2. The monoisotopic (exact) mass is 363 g/mol. The molecule has 3 rings (SSSR count). The van der Waals surface area contributed by atoms with E-state index in [4.69, 9.17) is 0 Å². The van der Waals surface area contributed by atoms with Crippen LogP contribution in [0.1, 0.15) is 25.7 Å². The molecule has 3 amide bonds. The SMILES string of the molecule is O=C(O)[C@@H]1CCCN1C(=O)C1CCCN(C(=O)Nc2ccccc2F)C1. The Balaban J connectivity index is 1.63. The van der Waals surface area contributed by atoms with Gasteiger partial charge in [-0.1, -0.05) is 12.1 Å². The predicted octanol–water partition coefficient (Wildman–Crippen LogP) is 2.15. The molecule has 2 heterocycles. The first-order chi connectivity index (χ1) is 12.5. The number of anilines is 1. The average molecular weight is 363 g/mol. The van der Waals surface area contributed by atoms with Gasteiger partial charge in [-0.3, -0.25) is 4.79 Å². The van der Waals surface area contributed by atoms with Gasteiger partial charge in [0.25, 0.3) is 0 Å². The minimum absolute atomic E-state index is 0.0939. The highest BCUT2D eigenvalue weighted by molar-refractivity contribution is 5.90. The Morgan fingerprint density at radius 1 is 1.12 bits per heavy atom. The van der Waals surface area contributed by atoms with Crippen LogP contribution in [-0.2, 0) is 9.59 Å². The van der Waals surface area contributed by atoms with Gasteiger partial charge in [-0.15, -0.1) is 0 Å². The molecule has 2 saturated heterocycles. The number of carbonyl (C=O) groups excluding carboxylic acids is 2. The predicted molar refractivity (Wildman–Crippen MR) is 92.1 cm³/mol. The smallest absolute Gasteiger partial charge is 0.326 e. The van der Waals surface area contributed by atoms with E-state index in [9.17, 15) is 23.9 Å². The maximum Gasteiger partial charge on any atom is 0.326 e. The molecule has 8 heteroatoms. The van der Waals surface area contributed by atoms with Crippen molar-refractivity contribution in [2.75, 3.05) is 25.0 Å². The standard InChI is InChI=1S/C18H22FN3O4/c19-13-6-1-2-7-14(13)20-18(26)21-9-3-5-12(11-21)16(23)22-10-4-8-15(22)17(24)25/h1-2,6-7,12,15H,3-5,8-11H2,(H,20,26)(H,24,25)/t12?,15-/m0/s1. The molecule has 1 aromatic rings. The summed E-state index contributed by atoms with van der Waals surface area (Å²) in [5, 5.41) is 11.8. The Bertz CT molecular complexity index is 711. The van der Waals surface area contributed by atoms with E-state index in [0.29, 0.717) is 38.8 Å². The average Bonchev–Trinajstić information content (AvgIpc) is 3.13. The molecule has 0 aliphatic carbocycles. The van der Waals surface area contributed by atoms with E-state index in [1.807, 2.05) is 0 Å². The van der Waals surface area contributed by atoms with E-state index < -0.39 is 29.8 Å². The number of hydrogen-bond acceptors (Lipinski definition) is 3. The summed E-state index contributed by atoms with van der Waals surface area (Å²) >= 11 is 0. The minimum Gasteiger partial charge on any atom is -0.480 e. The van der Waals surface area contributed by atoms with E-state index in [0.717, 1.165) is 0 Å². The molecule has 0 aromatic heterocycles. The summed E-state index contributed by atoms with van der Waals surface area (Å²) in [7, 11) is 0. The number of carboxylic acids is 1. The number of carboxylic acid groups (broad SMARTS) is 1. The Kier molecular flexibility index (Phi) is 5.39. The molecule has 2 N–H and O–H groups in total. The van der Waals surface area contributed by atoms with Crippen LogP contribution < -0.4 is 5.32 Å². The largest absolute Gasteiger partial charge is 0.480 e. The number of likely N-dealkylation sites (tertiary alicyclic amines) is 2. The number of rotatable bonds is 3. The van der Waals surface area contributed by atoms with Crippen molar-refractivity contribution in [3.05, 3.63) is 30.1 Å². The number of nitrogens with zero attached hydrogens (tertiary/aromatic N) is 2. The summed E-state index contributed by atoms with van der Waals surface area (Å²) < 4.78 is 13.7. The molecular weight excluding hydrogens is 341 g/mol. The third-order valence-electron chi connectivity index (χ3n) is 4.99. The van der Waals surface area contributed by atoms with Gasteiger partial charge in [-0.25, -0.2) is 14.0 Å². The van der Waals surface area contributed by atoms with Crippen LogP contribution in [0.4, 0.5) is 14.9 Å². The third-order valence-corrected chi connectivity index (χ3v) is 4.99. The third kappa shape index (κ3) is 3.79. The fourth-order valence-electron chi connectivity index (χ4n) is 3.64. The van der Waals surface area contributed by atoms with Crippen molar-refractivity contribution in [3.8, 4) is 0 Å². The van der Waals surface area contributed by atoms with Gasteiger partial charge in [0.2, 0.25) is 5.91 Å². The van der Waals surface area contributed by atoms with Crippen LogP contribution in [0.3, 0.4) is 0 Å². The fraction of sp³-hybridized carbons (Fsp3) is 0.500. The topological polar surface area (TPSA) is 90.0 Å². The van der Waals surface area contributed by atoms with Crippen molar-refractivity contribution < 1.29 is 23.9 Å². The molecule has 2 fully saturated rings. The van der Waals surface area contributed by atoms with Crippen molar-refractivity contribution >= 4 is 23.6 Å². The molecule has 2 aliphatic rings. The van der Waals surface area contributed by atoms with Gasteiger partial charge in [0, 0.05) is 19.6 Å². The summed E-state index contributed by atoms with van der Waals surface area (Å²) in [6.07, 6.45) is 2.40. The number of para-hydroxylation sites is 1. The summed E-state index contributed by atoms with van der Waals surface area (Å²) in [5.74, 6) is -2.14. The molecule has 2 aliphatic heterocycles. The minimum atomic E-state index is -0.985. The van der Waals surface area contributed by atoms with E-state index in [1.54, 1.807) is 6.07 Å². The second-order valence-corrected chi connectivity index (χ2v) is 6.72. The summed E-state index contributed by atoms with van der Waals surface area (Å²) in [4.78, 5) is 39.4. The zero-order valence-corrected chi connectivity index (χ0v) is 14.4. The number of nitrogens with one attached hydrogen (secondary N) is 1. The van der Waals surface area contributed by atoms with E-state index >= 15 is 0 Å². The van der Waals surface area contributed by atoms with Gasteiger partial charge in [-0.2, -0.15) is 0 Å². The zero-order chi connectivity index (χ0) is 18.7. The van der Waals surface area contributed by atoms with Gasteiger partial charge in [-0.05, 0) is 37.8 Å². The van der Waals surface area contributed by atoms with Crippen molar-refractivity contribution in [2.24, 2.45) is 5.92 Å². The lowest BCUT2D eigenvalue weighted by Crippen LogP contribution is -2.50. The Morgan fingerprint density at radius 3 is 2.58 bits per heavy atom. The Labute approximate surface area is 150 Å². The first-order valence-corrected chi connectivity index (χ1v) is 8.81. The molecule has 0 saturated carbocycles. The molecule has 2 atom stereocenters. The summed E-state index contributed by atoms with van der Waals surface area (Å²) in [6.45, 7) is 1.13. The number of piperidine rings is 1. The molecule has 1 unspecified atom stereocenters. The number of aliphatic carboxylic acids is 1. The second-order valence-electron chi connectivity index (χ2n) is 6.72. The number of amides is 3. The number of urea groups is 1. The quantitative estimate of drug-likeness (QED) is 0.861. The highest BCUT2D eigenvalue weighted by Crippen LogP contribution is 2.25. The summed E-state index contributed by atoms with van der Waals surface area (Å²) in [6, 6.07) is 4.67. The van der Waals surface area contributed by atoms with Crippen molar-refractivity contribution in [2.45, 2.75) is 31.7 Å². The first-order valence-electron chi connectivity index (χ1n) is 8.81. The second kappa shape index (κ2) is 7.72. The molecular formula is C18H22FN3O4. The lowest BCUT2D eigenvalue weighted by molar-refractivity contribution is -0.150. The Morgan fingerprint density at radius 2 is 1.85 bits per heavy atom. The molecule has 0 spiro atoms. The van der Waals surface area contributed by atoms with Crippen LogP contribution in [0.25, 0.3) is 0 Å². The van der Waals surface area contributed by atoms with Crippen LogP contribution in [-0.4, -0.2) is 58.5 Å². The molecule has 1 aromatic carbocycles. The molecule has 0 radical (unpaired) electrons. The van der Waals surface area contributed by atoms with Crippen molar-refractivity contribution in [1.82, 2.24) is 9.80 Å². The molecule has 140 valence electrons. The maximum absolute atomic E-state index is 13.7. The molecule has 7 nitrogen and oxygen atoms in total. The molecule has 26 heavy (non-hydrogen) atoms. The summed E-state index contributed by atoms with van der Waals surface area (Å²) in [5.41, 5.74) is 0.0939. The lowest BCUT2D eigenvalue weighted by atomic mass is 9.96. The van der Waals surface area contributed by atoms with Gasteiger partial charge in [0.1, 0.15) is 11.9 Å². The van der Waals surface area contributed by atoms with Crippen LogP contribution >= 0.6 is 0 Å². The van der Waals surface area contributed by atoms with E-state index in [-0.39, 0.29) is 18.1 Å². The van der Waals surface area contributed by atoms with Crippen molar-refractivity contribution in [3.63, 3.8) is 0 Å². The fourth-order valence-corrected chi connectivity index (χ4v) is 3.64. The highest BCUT2D eigenvalue weighted by atomic mass is 19.1. The highest BCUT2D eigenvalue weighted by Gasteiger charge is 2.39. The normalized spacial score (nSPS) is 23.0. The van der Waals surface area contributed by atoms with Gasteiger partial charge in [0.05, 0.1) is 11.6 Å². The van der Waals surface area contributed by atoms with E-state index in [2.05, 4.69) is 5.32 Å². The number of hydrogen-bond donors (Lipinski definition) is 2. The molecule has 0 bridgehead atoms. The number of carbonyl (C=O) groups is 3. The van der Waals surface area contributed by atoms with Crippen LogP contribution in [0.5, 0.6) is 0 Å². The number of benzene rings is 1.